The zero-order valence-corrected chi connectivity index (χ0v) is 11.4. The molecule has 5 heteroatoms. The Balaban J connectivity index is 2.24. The van der Waals surface area contributed by atoms with E-state index in [0.717, 1.165) is 44.0 Å². The summed E-state index contributed by atoms with van der Waals surface area (Å²) in [4.78, 5) is 14.5. The summed E-state index contributed by atoms with van der Waals surface area (Å²) in [6, 6.07) is 2.18. The van der Waals surface area contributed by atoms with Crippen molar-refractivity contribution < 1.29 is 4.79 Å². The topological polar surface area (TPSA) is 50.2 Å². The average Bonchev–Trinajstić information content (AvgIpc) is 2.82. The Labute approximate surface area is 108 Å². The van der Waals surface area contributed by atoms with Crippen LogP contribution < -0.4 is 5.32 Å². The van der Waals surface area contributed by atoms with Gasteiger partial charge in [0.25, 0.3) is 5.91 Å². The number of hydrogen-bond donors (Lipinski definition) is 1. The highest BCUT2D eigenvalue weighted by Crippen LogP contribution is 2.12. The summed E-state index contributed by atoms with van der Waals surface area (Å²) in [6.45, 7) is 9.41. The van der Waals surface area contributed by atoms with Crippen molar-refractivity contribution in [3.8, 4) is 0 Å². The molecule has 0 radical (unpaired) electrons. The summed E-state index contributed by atoms with van der Waals surface area (Å²) in [5.74, 6) is 0.109. The SMILES string of the molecule is CCc1cc(C(=O)N2CCNC[C@@H]2C)n(CC)n1. The molecule has 100 valence electrons. The fourth-order valence-corrected chi connectivity index (χ4v) is 2.35. The molecule has 0 spiro atoms. The van der Waals surface area contributed by atoms with Gasteiger partial charge in [-0.05, 0) is 26.3 Å². The number of aryl methyl sites for hydroxylation is 2. The van der Waals surface area contributed by atoms with Gasteiger partial charge in [-0.3, -0.25) is 9.48 Å². The lowest BCUT2D eigenvalue weighted by atomic mass is 10.2. The Morgan fingerprint density at radius 3 is 2.94 bits per heavy atom. The molecule has 2 heterocycles. The summed E-state index contributed by atoms with van der Waals surface area (Å²) in [5, 5.41) is 7.74. The monoisotopic (exact) mass is 250 g/mol. The summed E-state index contributed by atoms with van der Waals surface area (Å²) in [6.07, 6.45) is 0.865. The number of nitrogens with zero attached hydrogens (tertiary/aromatic N) is 3. The molecule has 5 nitrogen and oxygen atoms in total. The minimum Gasteiger partial charge on any atom is -0.332 e. The zero-order chi connectivity index (χ0) is 13.1. The molecule has 1 aromatic rings. The van der Waals surface area contributed by atoms with Gasteiger partial charge < -0.3 is 10.2 Å². The van der Waals surface area contributed by atoms with Crippen molar-refractivity contribution in [2.75, 3.05) is 19.6 Å². The van der Waals surface area contributed by atoms with Gasteiger partial charge in [-0.25, -0.2) is 0 Å². The van der Waals surface area contributed by atoms with Gasteiger partial charge in [-0.15, -0.1) is 0 Å². The van der Waals surface area contributed by atoms with E-state index in [9.17, 15) is 4.79 Å². The average molecular weight is 250 g/mol. The van der Waals surface area contributed by atoms with E-state index >= 15 is 0 Å². The minimum absolute atomic E-state index is 0.109. The van der Waals surface area contributed by atoms with E-state index in [1.807, 2.05) is 22.6 Å². The van der Waals surface area contributed by atoms with Gasteiger partial charge in [-0.1, -0.05) is 6.92 Å². The largest absolute Gasteiger partial charge is 0.332 e. The highest BCUT2D eigenvalue weighted by Gasteiger charge is 2.26. The molecule has 1 amide bonds. The molecule has 1 aliphatic heterocycles. The molecule has 1 saturated heterocycles. The van der Waals surface area contributed by atoms with Crippen molar-refractivity contribution in [3.05, 3.63) is 17.5 Å². The number of nitrogens with one attached hydrogen (secondary N) is 1. The maximum absolute atomic E-state index is 12.6. The van der Waals surface area contributed by atoms with Gasteiger partial charge in [0.2, 0.25) is 0 Å². The predicted molar refractivity (Wildman–Crippen MR) is 70.6 cm³/mol. The van der Waals surface area contributed by atoms with Gasteiger partial charge in [0.15, 0.2) is 0 Å². The summed E-state index contributed by atoms with van der Waals surface area (Å²) in [7, 11) is 0. The van der Waals surface area contributed by atoms with E-state index in [1.54, 1.807) is 0 Å². The van der Waals surface area contributed by atoms with Crippen LogP contribution in [-0.2, 0) is 13.0 Å². The van der Waals surface area contributed by atoms with Crippen LogP contribution in [0, 0.1) is 0 Å². The normalized spacial score (nSPS) is 20.2. The Morgan fingerprint density at radius 2 is 2.33 bits per heavy atom. The Hall–Kier alpha value is -1.36. The Kier molecular flexibility index (Phi) is 4.01. The molecule has 18 heavy (non-hydrogen) atoms. The smallest absolute Gasteiger partial charge is 0.272 e. The van der Waals surface area contributed by atoms with E-state index in [0.29, 0.717) is 0 Å². The van der Waals surface area contributed by atoms with Gasteiger partial charge in [-0.2, -0.15) is 5.10 Å². The maximum atomic E-state index is 12.6. The van der Waals surface area contributed by atoms with E-state index in [1.165, 1.54) is 0 Å². The van der Waals surface area contributed by atoms with Crippen molar-refractivity contribution in [1.29, 1.82) is 0 Å². The van der Waals surface area contributed by atoms with E-state index in [-0.39, 0.29) is 11.9 Å². The first-order valence-electron chi connectivity index (χ1n) is 6.75. The van der Waals surface area contributed by atoms with Crippen molar-refractivity contribution >= 4 is 5.91 Å². The third-order valence-corrected chi connectivity index (χ3v) is 3.47. The van der Waals surface area contributed by atoms with Gasteiger partial charge in [0.1, 0.15) is 5.69 Å². The Morgan fingerprint density at radius 1 is 1.56 bits per heavy atom. The lowest BCUT2D eigenvalue weighted by molar-refractivity contribution is 0.0643. The lowest BCUT2D eigenvalue weighted by Crippen LogP contribution is -2.52. The molecule has 0 bridgehead atoms. The van der Waals surface area contributed by atoms with Gasteiger partial charge >= 0.3 is 0 Å². The molecule has 1 aliphatic rings. The van der Waals surface area contributed by atoms with E-state index < -0.39 is 0 Å². The molecular formula is C13H22N4O. The Bertz CT molecular complexity index is 427. The quantitative estimate of drug-likeness (QED) is 0.867. The highest BCUT2D eigenvalue weighted by molar-refractivity contribution is 5.93. The minimum atomic E-state index is 0.109. The number of carbonyl (C=O) groups excluding carboxylic acids is 1. The van der Waals surface area contributed by atoms with Crippen molar-refractivity contribution in [2.24, 2.45) is 0 Å². The van der Waals surface area contributed by atoms with Crippen molar-refractivity contribution in [1.82, 2.24) is 20.0 Å². The third-order valence-electron chi connectivity index (χ3n) is 3.47. The zero-order valence-electron chi connectivity index (χ0n) is 11.4. The van der Waals surface area contributed by atoms with Crippen LogP contribution in [0.5, 0.6) is 0 Å². The molecule has 2 rings (SSSR count). The number of hydrogen-bond acceptors (Lipinski definition) is 3. The van der Waals surface area contributed by atoms with Gasteiger partial charge in [0.05, 0.1) is 5.69 Å². The first-order chi connectivity index (χ1) is 8.67. The standard InChI is InChI=1S/C13H22N4O/c1-4-11-8-12(17(5-2)15-11)13(18)16-7-6-14-9-10(16)3/h8,10,14H,4-7,9H2,1-3H3/t10-/m0/s1. The van der Waals surface area contributed by atoms with Crippen LogP contribution in [0.3, 0.4) is 0 Å². The maximum Gasteiger partial charge on any atom is 0.272 e. The third kappa shape index (κ3) is 2.41. The van der Waals surface area contributed by atoms with Crippen LogP contribution in [0.2, 0.25) is 0 Å². The van der Waals surface area contributed by atoms with Crippen LogP contribution in [0.4, 0.5) is 0 Å². The molecule has 0 aromatic carbocycles. The molecule has 1 N–H and O–H groups in total. The second-order valence-corrected chi connectivity index (χ2v) is 4.74. The first kappa shape index (κ1) is 13.1. The van der Waals surface area contributed by atoms with Crippen molar-refractivity contribution in [3.63, 3.8) is 0 Å². The fraction of sp³-hybridized carbons (Fsp3) is 0.692. The number of piperazine rings is 1. The van der Waals surface area contributed by atoms with Crippen LogP contribution in [0.25, 0.3) is 0 Å². The highest BCUT2D eigenvalue weighted by atomic mass is 16.2. The molecule has 1 atom stereocenters. The van der Waals surface area contributed by atoms with Crippen molar-refractivity contribution in [2.45, 2.75) is 39.8 Å². The van der Waals surface area contributed by atoms with Crippen LogP contribution in [0.1, 0.15) is 37.0 Å². The second-order valence-electron chi connectivity index (χ2n) is 4.74. The molecule has 1 aromatic heterocycles. The number of amides is 1. The molecule has 0 aliphatic carbocycles. The number of carbonyl (C=O) groups is 1. The van der Waals surface area contributed by atoms with Gasteiger partial charge in [0, 0.05) is 32.2 Å². The summed E-state index contributed by atoms with van der Waals surface area (Å²) >= 11 is 0. The van der Waals surface area contributed by atoms with E-state index in [2.05, 4.69) is 24.3 Å². The number of rotatable bonds is 3. The summed E-state index contributed by atoms with van der Waals surface area (Å²) < 4.78 is 1.82. The molecule has 0 unspecified atom stereocenters. The first-order valence-corrected chi connectivity index (χ1v) is 6.75. The molecule has 1 fully saturated rings. The summed E-state index contributed by atoms with van der Waals surface area (Å²) in [5.41, 5.74) is 1.71. The van der Waals surface area contributed by atoms with E-state index in [4.69, 9.17) is 0 Å². The van der Waals surface area contributed by atoms with Crippen LogP contribution in [-0.4, -0.2) is 46.3 Å². The lowest BCUT2D eigenvalue weighted by Gasteiger charge is -2.33. The number of aromatic nitrogens is 2. The molecular weight excluding hydrogens is 228 g/mol. The van der Waals surface area contributed by atoms with Crippen LogP contribution in [0.15, 0.2) is 6.07 Å². The fourth-order valence-electron chi connectivity index (χ4n) is 2.35. The van der Waals surface area contributed by atoms with Crippen LogP contribution >= 0.6 is 0 Å². The second kappa shape index (κ2) is 5.52. The predicted octanol–water partition coefficient (Wildman–Crippen LogP) is 0.899. The molecule has 0 saturated carbocycles.